The van der Waals surface area contributed by atoms with E-state index < -0.39 is 11.8 Å². The first-order valence-electron chi connectivity index (χ1n) is 14.0. The first-order valence-corrected chi connectivity index (χ1v) is 14.0. The van der Waals surface area contributed by atoms with Crippen LogP contribution < -0.4 is 0 Å². The number of hydrogen-bond acceptors (Lipinski definition) is 4. The Hall–Kier alpha value is -1.95. The van der Waals surface area contributed by atoms with E-state index in [1.54, 1.807) is 26.0 Å². The largest absolute Gasteiger partial charge is 0.478 e. The van der Waals surface area contributed by atoms with Crippen LogP contribution in [0.25, 0.3) is 0 Å². The average Bonchev–Trinajstić information content (AvgIpc) is 2.81. The van der Waals surface area contributed by atoms with Crippen molar-refractivity contribution >= 4 is 5.97 Å². The van der Waals surface area contributed by atoms with Crippen molar-refractivity contribution in [3.8, 4) is 0 Å². The molecule has 0 fully saturated rings. The smallest absolute Gasteiger partial charge is 0.328 e. The van der Waals surface area contributed by atoms with Gasteiger partial charge in [-0.05, 0) is 83.0 Å². The topological polar surface area (TPSA) is 87.0 Å². The summed E-state index contributed by atoms with van der Waals surface area (Å²) in [5.74, 6) is -0.729. The summed E-state index contributed by atoms with van der Waals surface area (Å²) < 4.78 is 5.75. The fourth-order valence-electron chi connectivity index (χ4n) is 4.20. The van der Waals surface area contributed by atoms with E-state index in [1.165, 1.54) is 18.9 Å². The standard InChI is InChI=1S/C32H54O5/c1-7-8-9-11-20-28(4)30(33)25-24-27(3)19-16-18-26(2)17-14-15-22-29(37-32(5,6)36)21-12-10-13-23-31(34)35/h7-10,12-14,17,23,26-30,33,36H,1,11,15-16,18-22,24-25H2,2-6H3,(H,34,35). The molecule has 0 aromatic carbocycles. The number of aliphatic carboxylic acids is 1. The monoisotopic (exact) mass is 518 g/mol. The Balaban J connectivity index is 4.25. The molecule has 0 aliphatic rings. The molecule has 0 aliphatic heterocycles. The number of carboxylic acid groups (broad SMARTS) is 1. The Kier molecular flexibility index (Phi) is 19.9. The molecule has 5 atom stereocenters. The number of aliphatic hydroxyl groups excluding tert-OH is 1. The van der Waals surface area contributed by atoms with Crippen molar-refractivity contribution in [3.05, 3.63) is 61.3 Å². The number of ether oxygens (including phenoxy) is 1. The highest BCUT2D eigenvalue weighted by molar-refractivity contribution is 5.80. The molecule has 5 heteroatoms. The van der Waals surface area contributed by atoms with Crippen LogP contribution in [0.5, 0.6) is 0 Å². The molecule has 0 aromatic heterocycles. The maximum absolute atomic E-state index is 10.5. The van der Waals surface area contributed by atoms with Crippen molar-refractivity contribution in [1.29, 1.82) is 0 Å². The van der Waals surface area contributed by atoms with Gasteiger partial charge in [0.2, 0.25) is 0 Å². The minimum atomic E-state index is -1.21. The predicted octanol–water partition coefficient (Wildman–Crippen LogP) is 7.77. The zero-order valence-corrected chi connectivity index (χ0v) is 24.0. The molecule has 5 unspecified atom stereocenters. The highest BCUT2D eigenvalue weighted by Gasteiger charge is 2.19. The van der Waals surface area contributed by atoms with Crippen LogP contribution >= 0.6 is 0 Å². The Bertz CT molecular complexity index is 713. The summed E-state index contributed by atoms with van der Waals surface area (Å²) in [6.45, 7) is 13.6. The van der Waals surface area contributed by atoms with Gasteiger partial charge in [0.25, 0.3) is 0 Å². The summed E-state index contributed by atoms with van der Waals surface area (Å²) in [7, 11) is 0. The molecule has 5 nitrogen and oxygen atoms in total. The molecule has 0 heterocycles. The van der Waals surface area contributed by atoms with E-state index in [4.69, 9.17) is 9.84 Å². The van der Waals surface area contributed by atoms with Crippen LogP contribution in [0, 0.1) is 17.8 Å². The molecule has 0 spiro atoms. The number of hydrogen-bond donors (Lipinski definition) is 3. The quantitative estimate of drug-likeness (QED) is 0.0590. The normalized spacial score (nSPS) is 17.1. The summed E-state index contributed by atoms with van der Waals surface area (Å²) in [5.41, 5.74) is 0. The van der Waals surface area contributed by atoms with Crippen molar-refractivity contribution < 1.29 is 24.9 Å². The Morgan fingerprint density at radius 1 is 0.919 bits per heavy atom. The van der Waals surface area contributed by atoms with Gasteiger partial charge >= 0.3 is 5.97 Å². The lowest BCUT2D eigenvalue weighted by atomic mass is 9.90. The number of carbonyl (C=O) groups is 1. The summed E-state index contributed by atoms with van der Waals surface area (Å²) in [6.07, 6.45) is 25.8. The molecule has 0 aromatic rings. The van der Waals surface area contributed by atoms with Crippen LogP contribution in [-0.4, -0.2) is 39.3 Å². The molecule has 0 aliphatic carbocycles. The molecular formula is C32H54O5. The molecule has 212 valence electrons. The van der Waals surface area contributed by atoms with Gasteiger partial charge in [0.1, 0.15) is 0 Å². The van der Waals surface area contributed by atoms with E-state index in [2.05, 4.69) is 45.6 Å². The third-order valence-corrected chi connectivity index (χ3v) is 6.49. The maximum atomic E-state index is 10.5. The first kappa shape index (κ1) is 35.0. The fraction of sp³-hybridized carbons (Fsp3) is 0.656. The average molecular weight is 519 g/mol. The third-order valence-electron chi connectivity index (χ3n) is 6.49. The SMILES string of the molecule is C=CC=CCCC(C)C(O)CCC(C)CCCC(C)C=CCCC(CC=CC=CC(=O)O)OC(C)(C)O. The zero-order valence-electron chi connectivity index (χ0n) is 24.0. The van der Waals surface area contributed by atoms with E-state index in [9.17, 15) is 15.0 Å². The van der Waals surface area contributed by atoms with E-state index >= 15 is 0 Å². The van der Waals surface area contributed by atoms with Gasteiger partial charge in [-0.3, -0.25) is 0 Å². The summed E-state index contributed by atoms with van der Waals surface area (Å²) in [6, 6.07) is 0. The van der Waals surface area contributed by atoms with Crippen molar-refractivity contribution in [2.24, 2.45) is 17.8 Å². The highest BCUT2D eigenvalue weighted by Crippen LogP contribution is 2.22. The Labute approximate surface area is 226 Å². The van der Waals surface area contributed by atoms with E-state index in [-0.39, 0.29) is 12.2 Å². The second-order valence-electron chi connectivity index (χ2n) is 10.9. The minimum absolute atomic E-state index is 0.142. The van der Waals surface area contributed by atoms with Crippen LogP contribution in [0.15, 0.2) is 61.3 Å². The number of aliphatic hydroxyl groups is 2. The number of carboxylic acids is 1. The predicted molar refractivity (Wildman–Crippen MR) is 155 cm³/mol. The highest BCUT2D eigenvalue weighted by atomic mass is 16.6. The maximum Gasteiger partial charge on any atom is 0.328 e. The van der Waals surface area contributed by atoms with E-state index in [0.717, 1.165) is 51.0 Å². The van der Waals surface area contributed by atoms with Gasteiger partial charge in [-0.2, -0.15) is 0 Å². The summed E-state index contributed by atoms with van der Waals surface area (Å²) >= 11 is 0. The van der Waals surface area contributed by atoms with Crippen molar-refractivity contribution in [1.82, 2.24) is 0 Å². The van der Waals surface area contributed by atoms with Gasteiger partial charge in [0.05, 0.1) is 12.2 Å². The van der Waals surface area contributed by atoms with Crippen LogP contribution in [0.3, 0.4) is 0 Å². The second kappa shape index (κ2) is 21.0. The molecule has 37 heavy (non-hydrogen) atoms. The molecular weight excluding hydrogens is 464 g/mol. The second-order valence-corrected chi connectivity index (χ2v) is 10.9. The molecule has 0 saturated heterocycles. The zero-order chi connectivity index (χ0) is 28.1. The lowest BCUT2D eigenvalue weighted by Gasteiger charge is -2.25. The molecule has 0 radical (unpaired) electrons. The number of allylic oxidation sites excluding steroid dienone is 7. The third kappa shape index (κ3) is 22.9. The molecule has 0 rings (SSSR count). The lowest BCUT2D eigenvalue weighted by Crippen LogP contribution is -2.29. The van der Waals surface area contributed by atoms with Gasteiger partial charge in [-0.15, -0.1) is 0 Å². The summed E-state index contributed by atoms with van der Waals surface area (Å²) in [5, 5.41) is 29.1. The minimum Gasteiger partial charge on any atom is -0.478 e. The van der Waals surface area contributed by atoms with Gasteiger partial charge < -0.3 is 20.1 Å². The fourth-order valence-corrected chi connectivity index (χ4v) is 4.20. The van der Waals surface area contributed by atoms with Crippen LogP contribution in [-0.2, 0) is 9.53 Å². The van der Waals surface area contributed by atoms with Crippen LogP contribution in [0.1, 0.15) is 98.8 Å². The summed E-state index contributed by atoms with van der Waals surface area (Å²) in [4.78, 5) is 10.5. The molecule has 0 amide bonds. The first-order chi connectivity index (χ1) is 17.4. The van der Waals surface area contributed by atoms with Gasteiger partial charge in [-0.1, -0.05) is 88.8 Å². The van der Waals surface area contributed by atoms with E-state index in [0.29, 0.717) is 24.2 Å². The van der Waals surface area contributed by atoms with Crippen molar-refractivity contribution in [2.75, 3.05) is 0 Å². The molecule has 0 bridgehead atoms. The Morgan fingerprint density at radius 3 is 2.27 bits per heavy atom. The van der Waals surface area contributed by atoms with Gasteiger partial charge in [-0.25, -0.2) is 4.79 Å². The van der Waals surface area contributed by atoms with Gasteiger partial charge in [0, 0.05) is 6.08 Å². The lowest BCUT2D eigenvalue weighted by molar-refractivity contribution is -0.205. The van der Waals surface area contributed by atoms with Crippen LogP contribution in [0.2, 0.25) is 0 Å². The Morgan fingerprint density at radius 2 is 1.62 bits per heavy atom. The van der Waals surface area contributed by atoms with Crippen LogP contribution in [0.4, 0.5) is 0 Å². The molecule has 3 N–H and O–H groups in total. The number of rotatable bonds is 22. The van der Waals surface area contributed by atoms with Crippen molar-refractivity contribution in [2.45, 2.75) is 117 Å². The van der Waals surface area contributed by atoms with Crippen molar-refractivity contribution in [3.63, 3.8) is 0 Å². The van der Waals surface area contributed by atoms with Gasteiger partial charge in [0.15, 0.2) is 5.79 Å². The van der Waals surface area contributed by atoms with E-state index in [1.807, 2.05) is 12.2 Å². The molecule has 0 saturated carbocycles.